The molecule has 4 nitrogen and oxygen atoms in total. The number of para-hydroxylation sites is 1. The van der Waals surface area contributed by atoms with Crippen molar-refractivity contribution in [2.24, 2.45) is 0 Å². The Morgan fingerprint density at radius 1 is 1.26 bits per heavy atom. The summed E-state index contributed by atoms with van der Waals surface area (Å²) >= 11 is 6.13. The normalized spacial score (nSPS) is 10.5. The second-order valence-electron chi connectivity index (χ2n) is 4.35. The highest BCUT2D eigenvalue weighted by Crippen LogP contribution is 2.27. The molecule has 0 atom stereocenters. The van der Waals surface area contributed by atoms with Gasteiger partial charge in [-0.3, -0.25) is 0 Å². The largest absolute Gasteiger partial charge is 0.383 e. The number of nitrogens with zero attached hydrogens (tertiary/aromatic N) is 2. The van der Waals surface area contributed by atoms with Gasteiger partial charge >= 0.3 is 0 Å². The number of nitrogens with two attached hydrogens (primary N) is 1. The molecule has 5 heteroatoms. The number of nitrogens with one attached hydrogen (secondary N) is 1. The molecule has 0 fully saturated rings. The maximum Gasteiger partial charge on any atom is 0.139 e. The molecule has 0 unspecified atom stereocenters. The third-order valence-electron chi connectivity index (χ3n) is 2.83. The van der Waals surface area contributed by atoms with Gasteiger partial charge < -0.3 is 11.1 Å². The van der Waals surface area contributed by atoms with Gasteiger partial charge in [0.2, 0.25) is 0 Å². The first-order valence-electron chi connectivity index (χ1n) is 6.26. The van der Waals surface area contributed by atoms with E-state index in [9.17, 15) is 0 Å². The van der Waals surface area contributed by atoms with Crippen molar-refractivity contribution >= 4 is 28.9 Å². The van der Waals surface area contributed by atoms with Gasteiger partial charge in [0.25, 0.3) is 0 Å². The second kappa shape index (κ2) is 5.89. The first-order valence-corrected chi connectivity index (χ1v) is 6.64. The van der Waals surface area contributed by atoms with Crippen LogP contribution >= 0.6 is 11.6 Å². The maximum atomic E-state index is 6.13. The zero-order valence-corrected chi connectivity index (χ0v) is 11.8. The lowest BCUT2D eigenvalue weighted by molar-refractivity contribution is 0.836. The molecule has 0 saturated carbocycles. The van der Waals surface area contributed by atoms with E-state index in [4.69, 9.17) is 17.3 Å². The summed E-state index contributed by atoms with van der Waals surface area (Å²) in [4.78, 5) is 8.78. The lowest BCUT2D eigenvalue weighted by Gasteiger charge is -2.12. The molecular formula is C14H17ClN4. The predicted octanol–water partition coefficient (Wildman–Crippen LogP) is 3.72. The molecule has 100 valence electrons. The number of hydrogen-bond acceptors (Lipinski definition) is 4. The molecule has 0 aliphatic heterocycles. The van der Waals surface area contributed by atoms with Crippen molar-refractivity contribution in [2.75, 3.05) is 11.1 Å². The van der Waals surface area contributed by atoms with Crippen LogP contribution in [0.15, 0.2) is 24.3 Å². The van der Waals surface area contributed by atoms with E-state index in [1.807, 2.05) is 31.2 Å². The Bertz CT molecular complexity index is 584. The van der Waals surface area contributed by atoms with E-state index in [-0.39, 0.29) is 0 Å². The van der Waals surface area contributed by atoms with E-state index in [2.05, 4.69) is 22.2 Å². The SMILES string of the molecule is CCCc1nc(N)c(C)c(Nc2ccccc2Cl)n1. The van der Waals surface area contributed by atoms with Gasteiger partial charge in [-0.05, 0) is 25.5 Å². The summed E-state index contributed by atoms with van der Waals surface area (Å²) in [5, 5.41) is 3.87. The standard InChI is InChI=1S/C14H17ClN4/c1-3-6-12-18-13(16)9(2)14(19-12)17-11-8-5-4-7-10(11)15/h4-5,7-8H,3,6H2,1-2H3,(H3,16,17,18,19). The Morgan fingerprint density at radius 2 is 2.00 bits per heavy atom. The van der Waals surface area contributed by atoms with Crippen LogP contribution in [0, 0.1) is 6.92 Å². The highest BCUT2D eigenvalue weighted by molar-refractivity contribution is 6.33. The number of halogens is 1. The summed E-state index contributed by atoms with van der Waals surface area (Å²) in [5.74, 6) is 1.97. The molecule has 2 aromatic rings. The molecular weight excluding hydrogens is 260 g/mol. The van der Waals surface area contributed by atoms with Crippen molar-refractivity contribution in [3.8, 4) is 0 Å². The van der Waals surface area contributed by atoms with E-state index in [0.717, 1.165) is 29.9 Å². The Kier molecular flexibility index (Phi) is 4.22. The van der Waals surface area contributed by atoms with Gasteiger partial charge in [0.15, 0.2) is 0 Å². The quantitative estimate of drug-likeness (QED) is 0.893. The number of rotatable bonds is 4. The summed E-state index contributed by atoms with van der Waals surface area (Å²) in [6.07, 6.45) is 1.79. The van der Waals surface area contributed by atoms with Crippen molar-refractivity contribution in [3.63, 3.8) is 0 Å². The van der Waals surface area contributed by atoms with Crippen LogP contribution in [0.4, 0.5) is 17.3 Å². The fraction of sp³-hybridized carbons (Fsp3) is 0.286. The number of benzene rings is 1. The fourth-order valence-electron chi connectivity index (χ4n) is 1.73. The van der Waals surface area contributed by atoms with E-state index in [0.29, 0.717) is 16.7 Å². The molecule has 1 heterocycles. The second-order valence-corrected chi connectivity index (χ2v) is 4.76. The van der Waals surface area contributed by atoms with Gasteiger partial charge in [0, 0.05) is 12.0 Å². The average molecular weight is 277 g/mol. The molecule has 0 radical (unpaired) electrons. The highest BCUT2D eigenvalue weighted by atomic mass is 35.5. The van der Waals surface area contributed by atoms with Crippen LogP contribution < -0.4 is 11.1 Å². The van der Waals surface area contributed by atoms with Crippen LogP contribution in [0.5, 0.6) is 0 Å². The van der Waals surface area contributed by atoms with Gasteiger partial charge in [-0.1, -0.05) is 30.7 Å². The first kappa shape index (κ1) is 13.6. The van der Waals surface area contributed by atoms with E-state index in [1.165, 1.54) is 0 Å². The molecule has 0 aliphatic rings. The minimum Gasteiger partial charge on any atom is -0.383 e. The van der Waals surface area contributed by atoms with Gasteiger partial charge in [-0.2, -0.15) is 0 Å². The summed E-state index contributed by atoms with van der Waals surface area (Å²) in [7, 11) is 0. The van der Waals surface area contributed by atoms with Gasteiger partial charge in [0.1, 0.15) is 17.5 Å². The molecule has 0 amide bonds. The Morgan fingerprint density at radius 3 is 2.68 bits per heavy atom. The van der Waals surface area contributed by atoms with Gasteiger partial charge in [0.05, 0.1) is 10.7 Å². The number of anilines is 3. The van der Waals surface area contributed by atoms with E-state index < -0.39 is 0 Å². The molecule has 1 aromatic carbocycles. The van der Waals surface area contributed by atoms with Crippen molar-refractivity contribution < 1.29 is 0 Å². The zero-order valence-electron chi connectivity index (χ0n) is 11.1. The monoisotopic (exact) mass is 276 g/mol. The average Bonchev–Trinajstić information content (AvgIpc) is 2.38. The molecule has 0 aliphatic carbocycles. The summed E-state index contributed by atoms with van der Waals surface area (Å²) < 4.78 is 0. The fourth-order valence-corrected chi connectivity index (χ4v) is 1.91. The number of nitrogen functional groups attached to an aromatic ring is 1. The third kappa shape index (κ3) is 3.15. The molecule has 0 spiro atoms. The number of aryl methyl sites for hydroxylation is 1. The minimum absolute atomic E-state index is 0.507. The highest BCUT2D eigenvalue weighted by Gasteiger charge is 2.09. The smallest absolute Gasteiger partial charge is 0.139 e. The van der Waals surface area contributed by atoms with Crippen LogP contribution in [0.2, 0.25) is 5.02 Å². The van der Waals surface area contributed by atoms with Crippen molar-refractivity contribution in [3.05, 3.63) is 40.7 Å². The molecule has 1 aromatic heterocycles. The van der Waals surface area contributed by atoms with Crippen molar-refractivity contribution in [1.29, 1.82) is 0 Å². The van der Waals surface area contributed by atoms with E-state index in [1.54, 1.807) is 0 Å². The lowest BCUT2D eigenvalue weighted by Crippen LogP contribution is -2.07. The lowest BCUT2D eigenvalue weighted by atomic mass is 10.2. The Labute approximate surface area is 118 Å². The Balaban J connectivity index is 2.36. The zero-order chi connectivity index (χ0) is 13.8. The van der Waals surface area contributed by atoms with Gasteiger partial charge in [-0.25, -0.2) is 9.97 Å². The summed E-state index contributed by atoms with van der Waals surface area (Å²) in [5.41, 5.74) is 7.57. The third-order valence-corrected chi connectivity index (χ3v) is 3.16. The van der Waals surface area contributed by atoms with Crippen LogP contribution in [-0.2, 0) is 6.42 Å². The Hall–Kier alpha value is -1.81. The molecule has 2 rings (SSSR count). The van der Waals surface area contributed by atoms with Crippen LogP contribution in [0.3, 0.4) is 0 Å². The molecule has 0 bridgehead atoms. The van der Waals surface area contributed by atoms with Crippen LogP contribution in [0.1, 0.15) is 24.7 Å². The molecule has 19 heavy (non-hydrogen) atoms. The summed E-state index contributed by atoms with van der Waals surface area (Å²) in [6, 6.07) is 7.54. The van der Waals surface area contributed by atoms with Crippen LogP contribution in [0.25, 0.3) is 0 Å². The number of aromatic nitrogens is 2. The molecule has 3 N–H and O–H groups in total. The summed E-state index contributed by atoms with van der Waals surface area (Å²) in [6.45, 7) is 3.98. The number of hydrogen-bond donors (Lipinski definition) is 2. The predicted molar refractivity (Wildman–Crippen MR) is 79.9 cm³/mol. The minimum atomic E-state index is 0.507. The molecule has 0 saturated heterocycles. The van der Waals surface area contributed by atoms with Crippen molar-refractivity contribution in [1.82, 2.24) is 9.97 Å². The van der Waals surface area contributed by atoms with Gasteiger partial charge in [-0.15, -0.1) is 0 Å². The van der Waals surface area contributed by atoms with E-state index >= 15 is 0 Å². The topological polar surface area (TPSA) is 63.8 Å². The van der Waals surface area contributed by atoms with Crippen molar-refractivity contribution in [2.45, 2.75) is 26.7 Å². The van der Waals surface area contributed by atoms with Crippen LogP contribution in [-0.4, -0.2) is 9.97 Å². The maximum absolute atomic E-state index is 6.13. The first-order chi connectivity index (χ1) is 9.11.